The maximum Gasteiger partial charge on any atom is 0.338 e. The third kappa shape index (κ3) is 4.19. The second-order valence-electron chi connectivity index (χ2n) is 6.50. The molecule has 0 radical (unpaired) electrons. The van der Waals surface area contributed by atoms with Crippen molar-refractivity contribution in [1.82, 2.24) is 0 Å². The van der Waals surface area contributed by atoms with Gasteiger partial charge in [-0.05, 0) is 49.1 Å². The number of ketones is 1. The minimum atomic E-state index is -0.480. The van der Waals surface area contributed by atoms with Crippen molar-refractivity contribution in [3.05, 3.63) is 71.3 Å². The van der Waals surface area contributed by atoms with Crippen molar-refractivity contribution in [2.45, 2.75) is 20.8 Å². The fourth-order valence-corrected chi connectivity index (χ4v) is 3.20. The van der Waals surface area contributed by atoms with Crippen LogP contribution in [0.3, 0.4) is 0 Å². The van der Waals surface area contributed by atoms with Crippen LogP contribution in [0.4, 0.5) is 0 Å². The molecule has 0 atom stereocenters. The molecule has 5 nitrogen and oxygen atoms in total. The predicted molar refractivity (Wildman–Crippen MR) is 110 cm³/mol. The van der Waals surface area contributed by atoms with Gasteiger partial charge >= 0.3 is 11.9 Å². The van der Waals surface area contributed by atoms with Gasteiger partial charge in [0.25, 0.3) is 0 Å². The largest absolute Gasteiger partial charge is 0.462 e. The molecule has 1 aromatic carbocycles. The average Bonchev–Trinajstić information content (AvgIpc) is 2.93. The van der Waals surface area contributed by atoms with Gasteiger partial charge in [0.2, 0.25) is 0 Å². The van der Waals surface area contributed by atoms with E-state index in [1.807, 2.05) is 24.3 Å². The Kier molecular flexibility index (Phi) is 6.07. The lowest BCUT2D eigenvalue weighted by molar-refractivity contribution is 0.0525. The third-order valence-electron chi connectivity index (χ3n) is 4.63. The van der Waals surface area contributed by atoms with Gasteiger partial charge in [-0.2, -0.15) is 0 Å². The Balaban J connectivity index is 2.12. The number of esters is 2. The number of benzene rings is 1. The number of fused-ring (bicyclic) bond motifs is 1. The number of carbonyl (C=O) groups excluding carboxylic acids is 3. The monoisotopic (exact) mass is 390 g/mol. The van der Waals surface area contributed by atoms with Crippen molar-refractivity contribution in [2.24, 2.45) is 0 Å². The summed E-state index contributed by atoms with van der Waals surface area (Å²) in [6.07, 6.45) is 0. The van der Waals surface area contributed by atoms with Crippen molar-refractivity contribution < 1.29 is 23.9 Å². The highest BCUT2D eigenvalue weighted by molar-refractivity contribution is 6.08. The van der Waals surface area contributed by atoms with Crippen molar-refractivity contribution >= 4 is 17.7 Å². The molecule has 0 unspecified atom stereocenters. The highest BCUT2D eigenvalue weighted by Gasteiger charge is 2.25. The lowest BCUT2D eigenvalue weighted by Gasteiger charge is -2.02. The molecule has 0 saturated heterocycles. The molecule has 0 aromatic heterocycles. The van der Waals surface area contributed by atoms with E-state index in [4.69, 9.17) is 9.47 Å². The zero-order valence-corrected chi connectivity index (χ0v) is 16.7. The van der Waals surface area contributed by atoms with Crippen LogP contribution in [0.1, 0.15) is 51.8 Å². The summed E-state index contributed by atoms with van der Waals surface area (Å²) >= 11 is 0. The molecule has 0 fully saturated rings. The number of rotatable bonds is 6. The smallest absolute Gasteiger partial charge is 0.338 e. The van der Waals surface area contributed by atoms with E-state index in [0.29, 0.717) is 27.8 Å². The van der Waals surface area contributed by atoms with Crippen LogP contribution in [-0.4, -0.2) is 30.9 Å². The summed E-state index contributed by atoms with van der Waals surface area (Å²) in [4.78, 5) is 36.3. The maximum absolute atomic E-state index is 12.4. The molecule has 0 bridgehead atoms. The van der Waals surface area contributed by atoms with Gasteiger partial charge in [-0.25, -0.2) is 9.59 Å². The van der Waals surface area contributed by atoms with Crippen LogP contribution in [0, 0.1) is 0 Å². The van der Waals surface area contributed by atoms with Crippen molar-refractivity contribution in [3.63, 3.8) is 0 Å². The van der Waals surface area contributed by atoms with Crippen molar-refractivity contribution in [1.29, 1.82) is 0 Å². The van der Waals surface area contributed by atoms with Crippen LogP contribution in [0.15, 0.2) is 54.6 Å². The number of hydrogen-bond donors (Lipinski definition) is 0. The molecule has 0 saturated carbocycles. The Bertz CT molecular complexity index is 981. The Morgan fingerprint density at radius 3 is 1.48 bits per heavy atom. The number of carbonyl (C=O) groups is 3. The molecule has 0 N–H and O–H groups in total. The van der Waals surface area contributed by atoms with E-state index < -0.39 is 11.9 Å². The van der Waals surface area contributed by atoms with E-state index in [0.717, 1.165) is 11.1 Å². The van der Waals surface area contributed by atoms with E-state index in [9.17, 15) is 14.4 Å². The van der Waals surface area contributed by atoms with Gasteiger partial charge < -0.3 is 9.47 Å². The molecular formula is C24H22O5. The topological polar surface area (TPSA) is 69.7 Å². The molecule has 2 aliphatic carbocycles. The second-order valence-corrected chi connectivity index (χ2v) is 6.50. The summed E-state index contributed by atoms with van der Waals surface area (Å²) in [5.74, 6) is -0.953. The Morgan fingerprint density at radius 1 is 0.690 bits per heavy atom. The first-order valence-corrected chi connectivity index (χ1v) is 9.48. The van der Waals surface area contributed by atoms with Crippen LogP contribution in [0.2, 0.25) is 0 Å². The molecular weight excluding hydrogens is 368 g/mol. The van der Waals surface area contributed by atoms with Crippen LogP contribution in [0.25, 0.3) is 22.3 Å². The van der Waals surface area contributed by atoms with Crippen LogP contribution < -0.4 is 0 Å². The second kappa shape index (κ2) is 8.69. The van der Waals surface area contributed by atoms with Crippen LogP contribution >= 0.6 is 0 Å². The molecule has 5 heteroatoms. The number of ether oxygens (including phenoxy) is 2. The Morgan fingerprint density at radius 2 is 1.10 bits per heavy atom. The highest BCUT2D eigenvalue weighted by Crippen LogP contribution is 2.34. The molecule has 3 rings (SSSR count). The van der Waals surface area contributed by atoms with E-state index in [1.165, 1.54) is 13.0 Å². The fourth-order valence-electron chi connectivity index (χ4n) is 3.20. The molecule has 1 aromatic rings. The van der Waals surface area contributed by atoms with Crippen molar-refractivity contribution in [3.8, 4) is 22.3 Å². The lowest BCUT2D eigenvalue weighted by Crippen LogP contribution is -2.05. The van der Waals surface area contributed by atoms with Crippen molar-refractivity contribution in [2.75, 3.05) is 13.2 Å². The lowest BCUT2D eigenvalue weighted by atomic mass is 10.0. The SMILES string of the molecule is CCOC(=O)c1cc(C(=O)OCC)c2ccc(-c3ccc(C(C)=O)cc3)ccc1-2. The molecule has 0 heterocycles. The van der Waals surface area contributed by atoms with Gasteiger partial charge in [0, 0.05) is 5.56 Å². The van der Waals surface area contributed by atoms with E-state index in [2.05, 4.69) is 0 Å². The zero-order chi connectivity index (χ0) is 21.0. The highest BCUT2D eigenvalue weighted by atomic mass is 16.5. The van der Waals surface area contributed by atoms with Gasteiger partial charge in [-0.3, -0.25) is 4.79 Å². The van der Waals surface area contributed by atoms with Crippen LogP contribution in [-0.2, 0) is 9.47 Å². The molecule has 2 aliphatic rings. The van der Waals surface area contributed by atoms with Gasteiger partial charge in [0.05, 0.1) is 24.3 Å². The summed E-state index contributed by atoms with van der Waals surface area (Å²) in [5.41, 5.74) is 4.36. The minimum absolute atomic E-state index is 0.00652. The van der Waals surface area contributed by atoms with Gasteiger partial charge in [-0.15, -0.1) is 0 Å². The third-order valence-corrected chi connectivity index (χ3v) is 4.63. The normalized spacial score (nSPS) is 10.6. The standard InChI is InChI=1S/C24H22O5/c1-4-28-23(26)21-14-22(24(27)29-5-2)20-13-11-18(10-12-19(20)21)17-8-6-16(7-9-17)15(3)25/h6-14H,4-5H2,1-3H3. The van der Waals surface area contributed by atoms with Gasteiger partial charge in [0.15, 0.2) is 5.78 Å². The Labute approximate surface area is 169 Å². The molecule has 0 amide bonds. The summed E-state index contributed by atoms with van der Waals surface area (Å²) in [6.45, 7) is 5.48. The summed E-state index contributed by atoms with van der Waals surface area (Å²) in [7, 11) is 0. The fraction of sp³-hybridized carbons (Fsp3) is 0.208. The molecule has 0 spiro atoms. The first-order valence-electron chi connectivity index (χ1n) is 9.48. The molecule has 148 valence electrons. The first-order chi connectivity index (χ1) is 14.0. The molecule has 29 heavy (non-hydrogen) atoms. The summed E-state index contributed by atoms with van der Waals surface area (Å²) in [5, 5.41) is 0. The van der Waals surface area contributed by atoms with E-state index in [1.54, 1.807) is 38.1 Å². The van der Waals surface area contributed by atoms with E-state index in [-0.39, 0.29) is 19.0 Å². The quantitative estimate of drug-likeness (QED) is 0.437. The number of Topliss-reactive ketones (excluding diaryl/α,β-unsaturated/α-hetero) is 1. The summed E-state index contributed by atoms with van der Waals surface area (Å²) in [6, 6.07) is 16.2. The zero-order valence-electron chi connectivity index (χ0n) is 16.7. The Hall–Kier alpha value is -3.47. The van der Waals surface area contributed by atoms with Gasteiger partial charge in [0.1, 0.15) is 0 Å². The first kappa shape index (κ1) is 20.3. The van der Waals surface area contributed by atoms with Crippen LogP contribution in [0.5, 0.6) is 0 Å². The number of hydrogen-bond acceptors (Lipinski definition) is 5. The molecule has 0 aliphatic heterocycles. The van der Waals surface area contributed by atoms with Gasteiger partial charge in [-0.1, -0.05) is 48.5 Å². The average molecular weight is 390 g/mol. The minimum Gasteiger partial charge on any atom is -0.462 e. The predicted octanol–water partition coefficient (Wildman–Crippen LogP) is 5.01. The van der Waals surface area contributed by atoms with E-state index >= 15 is 0 Å². The summed E-state index contributed by atoms with van der Waals surface area (Å²) < 4.78 is 10.3. The maximum atomic E-state index is 12.4.